The Kier molecular flexibility index (Phi) is 6.02. The third-order valence-corrected chi connectivity index (χ3v) is 4.86. The molecular formula is C21H20ClNO5. The van der Waals surface area contributed by atoms with Gasteiger partial charge in [0.2, 0.25) is 0 Å². The van der Waals surface area contributed by atoms with E-state index in [-0.39, 0.29) is 24.5 Å². The average Bonchev–Trinajstić information content (AvgIpc) is 2.97. The lowest BCUT2D eigenvalue weighted by Crippen LogP contribution is -2.32. The summed E-state index contributed by atoms with van der Waals surface area (Å²) in [6.07, 6.45) is 0. The first-order valence-corrected chi connectivity index (χ1v) is 9.03. The smallest absolute Gasteiger partial charge is 0.295 e. The molecular weight excluding hydrogens is 382 g/mol. The molecule has 3 rings (SSSR count). The van der Waals surface area contributed by atoms with E-state index in [4.69, 9.17) is 21.1 Å². The first kappa shape index (κ1) is 19.9. The number of likely N-dealkylation sites (tertiary alicyclic amines) is 1. The molecule has 0 spiro atoms. The van der Waals surface area contributed by atoms with Crippen molar-refractivity contribution >= 4 is 29.1 Å². The van der Waals surface area contributed by atoms with Gasteiger partial charge in [-0.2, -0.15) is 0 Å². The normalized spacial score (nSPS) is 18.5. The van der Waals surface area contributed by atoms with Crippen LogP contribution in [0, 0.1) is 0 Å². The van der Waals surface area contributed by atoms with Crippen LogP contribution in [0.5, 0.6) is 5.75 Å². The summed E-state index contributed by atoms with van der Waals surface area (Å²) in [7, 11) is 3.06. The van der Waals surface area contributed by atoms with Gasteiger partial charge in [0.05, 0.1) is 25.3 Å². The summed E-state index contributed by atoms with van der Waals surface area (Å²) in [6.45, 7) is 0.467. The number of carbonyl (C=O) groups excluding carboxylic acids is 2. The molecule has 0 aromatic heterocycles. The lowest BCUT2D eigenvalue weighted by molar-refractivity contribution is -0.140. The largest absolute Gasteiger partial charge is 0.507 e. The fraction of sp³-hybridized carbons (Fsp3) is 0.238. The van der Waals surface area contributed by atoms with E-state index in [1.54, 1.807) is 48.5 Å². The van der Waals surface area contributed by atoms with Crippen LogP contribution in [-0.2, 0) is 14.3 Å². The second kappa shape index (κ2) is 8.46. The van der Waals surface area contributed by atoms with Gasteiger partial charge in [-0.1, -0.05) is 23.7 Å². The number of carbonyl (C=O) groups is 2. The molecule has 0 radical (unpaired) electrons. The summed E-state index contributed by atoms with van der Waals surface area (Å²) >= 11 is 5.91. The number of nitrogens with zero attached hydrogens (tertiary/aromatic N) is 1. The zero-order chi connectivity index (χ0) is 20.3. The number of ketones is 1. The van der Waals surface area contributed by atoms with E-state index >= 15 is 0 Å². The molecule has 2 aromatic rings. The van der Waals surface area contributed by atoms with Gasteiger partial charge in [0.1, 0.15) is 11.5 Å². The van der Waals surface area contributed by atoms with Gasteiger partial charge in [-0.25, -0.2) is 0 Å². The van der Waals surface area contributed by atoms with Crippen LogP contribution in [0.3, 0.4) is 0 Å². The van der Waals surface area contributed by atoms with Crippen LogP contribution >= 0.6 is 11.6 Å². The molecule has 1 heterocycles. The van der Waals surface area contributed by atoms with Crippen LogP contribution in [0.4, 0.5) is 0 Å². The quantitative estimate of drug-likeness (QED) is 0.456. The number of benzene rings is 2. The summed E-state index contributed by atoms with van der Waals surface area (Å²) in [5.41, 5.74) is 1.09. The lowest BCUT2D eigenvalue weighted by Gasteiger charge is -2.25. The van der Waals surface area contributed by atoms with Crippen LogP contribution in [0.15, 0.2) is 54.1 Å². The average molecular weight is 402 g/mol. The maximum atomic E-state index is 12.8. The monoisotopic (exact) mass is 401 g/mol. The Morgan fingerprint density at radius 1 is 1.14 bits per heavy atom. The summed E-state index contributed by atoms with van der Waals surface area (Å²) < 4.78 is 10.4. The van der Waals surface area contributed by atoms with E-state index in [1.165, 1.54) is 19.1 Å². The van der Waals surface area contributed by atoms with E-state index in [2.05, 4.69) is 0 Å². The third-order valence-electron chi connectivity index (χ3n) is 4.60. The zero-order valence-electron chi connectivity index (χ0n) is 15.5. The topological polar surface area (TPSA) is 76.1 Å². The van der Waals surface area contributed by atoms with Crippen molar-refractivity contribution < 1.29 is 24.2 Å². The molecule has 0 unspecified atom stereocenters. The van der Waals surface area contributed by atoms with Crippen LogP contribution in [-0.4, -0.2) is 49.1 Å². The molecule has 1 fully saturated rings. The highest BCUT2D eigenvalue weighted by molar-refractivity contribution is 6.46. The number of hydrogen-bond donors (Lipinski definition) is 1. The van der Waals surface area contributed by atoms with Crippen molar-refractivity contribution in [2.75, 3.05) is 27.4 Å². The molecule has 0 saturated carbocycles. The number of ether oxygens (including phenoxy) is 2. The van der Waals surface area contributed by atoms with Gasteiger partial charge < -0.3 is 19.5 Å². The predicted octanol–water partition coefficient (Wildman–Crippen LogP) is 3.42. The molecule has 7 heteroatoms. The number of hydrogen-bond acceptors (Lipinski definition) is 5. The highest BCUT2D eigenvalue weighted by Gasteiger charge is 2.45. The van der Waals surface area contributed by atoms with E-state index < -0.39 is 17.7 Å². The first-order chi connectivity index (χ1) is 13.5. The van der Waals surface area contributed by atoms with Crippen molar-refractivity contribution in [1.82, 2.24) is 4.90 Å². The molecule has 2 aromatic carbocycles. The number of rotatable bonds is 6. The van der Waals surface area contributed by atoms with Crippen molar-refractivity contribution in [3.63, 3.8) is 0 Å². The van der Waals surface area contributed by atoms with Gasteiger partial charge >= 0.3 is 0 Å². The minimum absolute atomic E-state index is 0.0247. The van der Waals surface area contributed by atoms with Crippen molar-refractivity contribution in [1.29, 1.82) is 0 Å². The maximum absolute atomic E-state index is 12.8. The minimum atomic E-state index is -0.749. The number of halogens is 1. The molecule has 6 nitrogen and oxygen atoms in total. The first-order valence-electron chi connectivity index (χ1n) is 8.65. The standard InChI is InChI=1S/C21H20ClNO5/c1-27-11-10-23-18(14-4-3-5-16(12-14)28-2)17(20(25)21(23)26)19(24)13-6-8-15(22)9-7-13/h3-9,12,18,24H,10-11H2,1-2H3/t18-/m1/s1. The molecule has 28 heavy (non-hydrogen) atoms. The van der Waals surface area contributed by atoms with Gasteiger partial charge in [0.15, 0.2) is 0 Å². The molecule has 1 saturated heterocycles. The van der Waals surface area contributed by atoms with Crippen LogP contribution in [0.1, 0.15) is 17.2 Å². The van der Waals surface area contributed by atoms with Crippen LogP contribution < -0.4 is 4.74 Å². The second-order valence-electron chi connectivity index (χ2n) is 6.27. The number of aliphatic hydroxyl groups excluding tert-OH is 1. The van der Waals surface area contributed by atoms with E-state index in [1.807, 2.05) is 0 Å². The Bertz CT molecular complexity index is 923. The van der Waals surface area contributed by atoms with Crippen molar-refractivity contribution in [2.45, 2.75) is 6.04 Å². The minimum Gasteiger partial charge on any atom is -0.507 e. The molecule has 1 amide bonds. The van der Waals surface area contributed by atoms with E-state index in [9.17, 15) is 14.7 Å². The molecule has 1 atom stereocenters. The highest BCUT2D eigenvalue weighted by atomic mass is 35.5. The van der Waals surface area contributed by atoms with Crippen LogP contribution in [0.2, 0.25) is 5.02 Å². The lowest BCUT2D eigenvalue weighted by atomic mass is 9.95. The Morgan fingerprint density at radius 3 is 2.50 bits per heavy atom. The molecule has 1 aliphatic heterocycles. The molecule has 1 N–H and O–H groups in total. The van der Waals surface area contributed by atoms with Gasteiger partial charge in [-0.15, -0.1) is 0 Å². The number of Topliss-reactive ketones (excluding diaryl/α,β-unsaturated/α-hetero) is 1. The Hall–Kier alpha value is -2.83. The molecule has 146 valence electrons. The summed E-state index contributed by atoms with van der Waals surface area (Å²) in [5, 5.41) is 11.4. The Labute approximate surface area is 167 Å². The SMILES string of the molecule is COCCN1C(=O)C(=O)C(=C(O)c2ccc(Cl)cc2)[C@H]1c1cccc(OC)c1. The van der Waals surface area contributed by atoms with Gasteiger partial charge in [0, 0.05) is 24.2 Å². The predicted molar refractivity (Wildman–Crippen MR) is 105 cm³/mol. The Balaban J connectivity index is 2.16. The molecule has 1 aliphatic rings. The van der Waals surface area contributed by atoms with E-state index in [0.29, 0.717) is 21.9 Å². The molecule has 0 aliphatic carbocycles. The third kappa shape index (κ3) is 3.74. The zero-order valence-corrected chi connectivity index (χ0v) is 16.3. The van der Waals surface area contributed by atoms with Gasteiger partial charge in [-0.05, 0) is 42.0 Å². The van der Waals surface area contributed by atoms with Crippen molar-refractivity contribution in [2.24, 2.45) is 0 Å². The second-order valence-corrected chi connectivity index (χ2v) is 6.71. The fourth-order valence-corrected chi connectivity index (χ4v) is 3.35. The fourth-order valence-electron chi connectivity index (χ4n) is 3.22. The summed E-state index contributed by atoms with van der Waals surface area (Å²) in [6, 6.07) is 12.7. The number of amides is 1. The van der Waals surface area contributed by atoms with Gasteiger partial charge in [-0.3, -0.25) is 9.59 Å². The summed E-state index contributed by atoms with van der Waals surface area (Å²) in [5.74, 6) is -1.08. The number of methoxy groups -OCH3 is 2. The van der Waals surface area contributed by atoms with Crippen molar-refractivity contribution in [3.05, 3.63) is 70.3 Å². The van der Waals surface area contributed by atoms with E-state index in [0.717, 1.165) is 0 Å². The van der Waals surface area contributed by atoms with Crippen molar-refractivity contribution in [3.8, 4) is 5.75 Å². The van der Waals surface area contributed by atoms with Gasteiger partial charge in [0.25, 0.3) is 11.7 Å². The maximum Gasteiger partial charge on any atom is 0.295 e. The Morgan fingerprint density at radius 2 is 1.86 bits per heavy atom. The molecule has 0 bridgehead atoms. The van der Waals surface area contributed by atoms with Crippen LogP contribution in [0.25, 0.3) is 5.76 Å². The number of aliphatic hydroxyl groups is 1. The summed E-state index contributed by atoms with van der Waals surface area (Å²) in [4.78, 5) is 26.9. The highest BCUT2D eigenvalue weighted by Crippen LogP contribution is 2.40.